The monoisotopic (exact) mass is 387 g/mol. The molecule has 4 rings (SSSR count). The molecular formula is C27H21N3. The third-order valence-electron chi connectivity index (χ3n) is 4.40. The summed E-state index contributed by atoms with van der Waals surface area (Å²) < 4.78 is 0. The highest BCUT2D eigenvalue weighted by Gasteiger charge is 1.97. The van der Waals surface area contributed by atoms with Crippen molar-refractivity contribution < 1.29 is 0 Å². The third kappa shape index (κ3) is 5.69. The number of pyridine rings is 3. The molecule has 0 aliphatic rings. The maximum Gasteiger partial charge on any atom is 0.0629 e. The highest BCUT2D eigenvalue weighted by molar-refractivity contribution is 5.77. The van der Waals surface area contributed by atoms with Gasteiger partial charge in [0.25, 0.3) is 0 Å². The molecule has 0 amide bonds. The van der Waals surface area contributed by atoms with E-state index in [2.05, 4.69) is 51.4 Å². The van der Waals surface area contributed by atoms with Gasteiger partial charge < -0.3 is 0 Å². The van der Waals surface area contributed by atoms with Crippen LogP contribution < -0.4 is 0 Å². The van der Waals surface area contributed by atoms with Gasteiger partial charge in [0.2, 0.25) is 0 Å². The molecule has 3 heteroatoms. The lowest BCUT2D eigenvalue weighted by Gasteiger charge is -2.03. The zero-order valence-corrected chi connectivity index (χ0v) is 16.5. The van der Waals surface area contributed by atoms with E-state index in [1.54, 1.807) is 18.6 Å². The van der Waals surface area contributed by atoms with Gasteiger partial charge in [-0.05, 0) is 89.5 Å². The Morgan fingerprint density at radius 2 is 0.733 bits per heavy atom. The average molecular weight is 387 g/mol. The van der Waals surface area contributed by atoms with Crippen molar-refractivity contribution in [3.8, 4) is 0 Å². The van der Waals surface area contributed by atoms with E-state index >= 15 is 0 Å². The van der Waals surface area contributed by atoms with Crippen molar-refractivity contribution in [1.29, 1.82) is 0 Å². The lowest BCUT2D eigenvalue weighted by atomic mass is 10.0. The summed E-state index contributed by atoms with van der Waals surface area (Å²) in [4.78, 5) is 13.1. The molecule has 0 aliphatic carbocycles. The predicted octanol–water partition coefficient (Wildman–Crippen LogP) is 6.38. The topological polar surface area (TPSA) is 38.7 Å². The molecule has 0 radical (unpaired) electrons. The zero-order valence-electron chi connectivity index (χ0n) is 16.5. The fourth-order valence-corrected chi connectivity index (χ4v) is 2.96. The second-order valence-electron chi connectivity index (χ2n) is 6.70. The summed E-state index contributed by atoms with van der Waals surface area (Å²) in [5, 5.41) is 0. The highest BCUT2D eigenvalue weighted by atomic mass is 14.7. The van der Waals surface area contributed by atoms with E-state index in [0.29, 0.717) is 0 Å². The molecule has 1 aromatic carbocycles. The second-order valence-corrected chi connectivity index (χ2v) is 6.70. The van der Waals surface area contributed by atoms with E-state index < -0.39 is 0 Å². The molecule has 0 atom stereocenters. The first-order valence-corrected chi connectivity index (χ1v) is 9.78. The number of hydrogen-bond donors (Lipinski definition) is 0. The molecule has 0 bridgehead atoms. The van der Waals surface area contributed by atoms with Crippen molar-refractivity contribution in [2.45, 2.75) is 0 Å². The fraction of sp³-hybridized carbons (Fsp3) is 0. The molecule has 0 N–H and O–H groups in total. The molecule has 3 nitrogen and oxygen atoms in total. The first-order chi connectivity index (χ1) is 14.8. The maximum absolute atomic E-state index is 4.36. The van der Waals surface area contributed by atoms with Gasteiger partial charge in [-0.15, -0.1) is 0 Å². The lowest BCUT2D eigenvalue weighted by Crippen LogP contribution is -1.83. The van der Waals surface area contributed by atoms with Gasteiger partial charge in [-0.2, -0.15) is 0 Å². The Morgan fingerprint density at radius 3 is 1.00 bits per heavy atom. The number of rotatable bonds is 6. The van der Waals surface area contributed by atoms with Crippen LogP contribution in [0.3, 0.4) is 0 Å². The Bertz CT molecular complexity index is 999. The van der Waals surface area contributed by atoms with Crippen molar-refractivity contribution in [1.82, 2.24) is 15.0 Å². The van der Waals surface area contributed by atoms with Crippen LogP contribution in [0.2, 0.25) is 0 Å². The molecule has 0 unspecified atom stereocenters. The minimum atomic E-state index is 0.928. The van der Waals surface area contributed by atoms with Crippen LogP contribution >= 0.6 is 0 Å². The van der Waals surface area contributed by atoms with E-state index in [-0.39, 0.29) is 0 Å². The molecular weight excluding hydrogens is 366 g/mol. The molecule has 0 saturated carbocycles. The molecule has 30 heavy (non-hydrogen) atoms. The van der Waals surface area contributed by atoms with Crippen molar-refractivity contribution in [2.24, 2.45) is 0 Å². The summed E-state index contributed by atoms with van der Waals surface area (Å²) in [7, 11) is 0. The number of nitrogens with zero attached hydrogens (tertiary/aromatic N) is 3. The van der Waals surface area contributed by atoms with E-state index in [0.717, 1.165) is 33.8 Å². The zero-order chi connectivity index (χ0) is 20.4. The van der Waals surface area contributed by atoms with Crippen LogP contribution in [0.4, 0.5) is 0 Å². The first-order valence-electron chi connectivity index (χ1n) is 9.78. The van der Waals surface area contributed by atoms with Gasteiger partial charge >= 0.3 is 0 Å². The van der Waals surface area contributed by atoms with Crippen LogP contribution in [0.25, 0.3) is 36.5 Å². The predicted molar refractivity (Wildman–Crippen MR) is 126 cm³/mol. The largest absolute Gasteiger partial charge is 0.257 e. The van der Waals surface area contributed by atoms with E-state index in [4.69, 9.17) is 0 Å². The summed E-state index contributed by atoms with van der Waals surface area (Å²) in [5.74, 6) is 0. The summed E-state index contributed by atoms with van der Waals surface area (Å²) in [5.41, 5.74) is 6.09. The van der Waals surface area contributed by atoms with Gasteiger partial charge in [-0.3, -0.25) is 15.0 Å². The quantitative estimate of drug-likeness (QED) is 0.385. The van der Waals surface area contributed by atoms with E-state index in [9.17, 15) is 0 Å². The lowest BCUT2D eigenvalue weighted by molar-refractivity contribution is 1.30. The summed E-state index contributed by atoms with van der Waals surface area (Å²) in [6.07, 6.45) is 17.7. The number of aromatic nitrogens is 3. The fourth-order valence-electron chi connectivity index (χ4n) is 2.96. The van der Waals surface area contributed by atoms with E-state index in [1.807, 2.05) is 72.8 Å². The molecule has 4 aromatic rings. The van der Waals surface area contributed by atoms with Gasteiger partial charge in [0.1, 0.15) is 0 Å². The molecule has 0 spiro atoms. The van der Waals surface area contributed by atoms with Gasteiger partial charge in [-0.1, -0.05) is 36.4 Å². The third-order valence-corrected chi connectivity index (χ3v) is 4.40. The van der Waals surface area contributed by atoms with Crippen LogP contribution in [0, 0.1) is 0 Å². The van der Waals surface area contributed by atoms with Crippen molar-refractivity contribution >= 4 is 36.5 Å². The molecule has 3 aromatic heterocycles. The molecule has 0 aliphatic heterocycles. The SMILES string of the molecule is C(=C\c1ccccn1)/c1cc(/C=C/c2ccccn2)cc(/C=C/c2ccccn2)c1. The van der Waals surface area contributed by atoms with Crippen molar-refractivity contribution in [3.05, 3.63) is 125 Å². The first kappa shape index (κ1) is 19.2. The standard InChI is InChI=1S/C27H21N3/c1-4-16-28-25(7-1)13-10-22-19-23(11-14-26-8-2-5-17-29-26)21-24(20-22)12-15-27-9-3-6-18-30-27/h1-21H/b13-10+,14-11+,15-12+. The molecule has 0 saturated heterocycles. The van der Waals surface area contributed by atoms with Crippen LogP contribution in [-0.4, -0.2) is 15.0 Å². The minimum Gasteiger partial charge on any atom is -0.257 e. The van der Waals surface area contributed by atoms with Gasteiger partial charge in [-0.25, -0.2) is 0 Å². The Balaban J connectivity index is 1.65. The number of hydrogen-bond acceptors (Lipinski definition) is 3. The van der Waals surface area contributed by atoms with Crippen LogP contribution in [0.1, 0.15) is 33.8 Å². The Morgan fingerprint density at radius 1 is 0.400 bits per heavy atom. The highest BCUT2D eigenvalue weighted by Crippen LogP contribution is 2.18. The minimum absolute atomic E-state index is 0.928. The maximum atomic E-state index is 4.36. The van der Waals surface area contributed by atoms with Crippen LogP contribution in [-0.2, 0) is 0 Å². The summed E-state index contributed by atoms with van der Waals surface area (Å²) in [6, 6.07) is 24.1. The van der Waals surface area contributed by atoms with Crippen molar-refractivity contribution in [2.75, 3.05) is 0 Å². The normalized spacial score (nSPS) is 11.6. The average Bonchev–Trinajstić information content (AvgIpc) is 2.82. The smallest absolute Gasteiger partial charge is 0.0629 e. The van der Waals surface area contributed by atoms with Gasteiger partial charge in [0.05, 0.1) is 17.1 Å². The second kappa shape index (κ2) is 9.89. The van der Waals surface area contributed by atoms with Crippen LogP contribution in [0.5, 0.6) is 0 Å². The molecule has 0 fully saturated rings. The Labute approximate surface area is 176 Å². The Hall–Kier alpha value is -4.11. The molecule has 3 heterocycles. The van der Waals surface area contributed by atoms with Gasteiger partial charge in [0, 0.05) is 18.6 Å². The van der Waals surface area contributed by atoms with Crippen LogP contribution in [0.15, 0.2) is 91.4 Å². The summed E-state index contributed by atoms with van der Waals surface area (Å²) >= 11 is 0. The van der Waals surface area contributed by atoms with E-state index in [1.165, 1.54) is 0 Å². The van der Waals surface area contributed by atoms with Crippen molar-refractivity contribution in [3.63, 3.8) is 0 Å². The molecule has 144 valence electrons. The van der Waals surface area contributed by atoms with Gasteiger partial charge in [0.15, 0.2) is 0 Å². The number of benzene rings is 1. The summed E-state index contributed by atoms with van der Waals surface area (Å²) in [6.45, 7) is 0. The Kier molecular flexibility index (Phi) is 6.34.